The van der Waals surface area contributed by atoms with E-state index in [1.54, 1.807) is 0 Å². The van der Waals surface area contributed by atoms with Gasteiger partial charge in [0.1, 0.15) is 0 Å². The van der Waals surface area contributed by atoms with E-state index in [4.69, 9.17) is 0 Å². The van der Waals surface area contributed by atoms with E-state index in [2.05, 4.69) is 20.8 Å². The van der Waals surface area contributed by atoms with Gasteiger partial charge in [0.05, 0.1) is 0 Å². The van der Waals surface area contributed by atoms with Crippen molar-refractivity contribution in [1.29, 1.82) is 0 Å². The molecule has 0 radical (unpaired) electrons. The van der Waals surface area contributed by atoms with Gasteiger partial charge in [-0.3, -0.25) is 14.9 Å². The summed E-state index contributed by atoms with van der Waals surface area (Å²) < 4.78 is 0. The first-order valence-electron chi connectivity index (χ1n) is 4.59. The standard InChI is InChI=1S/C6H14.C4H3NO2/c1-4-5-6(2)3;6-3-1-2-4(7)5-3/h6H,4-5H2,1-3H3;1-2H,(H,5,6,7). The van der Waals surface area contributed by atoms with Gasteiger partial charge in [0.25, 0.3) is 11.8 Å². The van der Waals surface area contributed by atoms with Gasteiger partial charge in [0, 0.05) is 12.2 Å². The molecule has 1 rings (SSSR count). The molecule has 1 N–H and O–H groups in total. The lowest BCUT2D eigenvalue weighted by Gasteiger charge is -1.95. The third-order valence-electron chi connectivity index (χ3n) is 1.50. The monoisotopic (exact) mass is 183 g/mol. The molecule has 1 aliphatic rings. The number of nitrogens with one attached hydrogen (secondary N) is 1. The van der Waals surface area contributed by atoms with Gasteiger partial charge < -0.3 is 0 Å². The van der Waals surface area contributed by atoms with Crippen molar-refractivity contribution in [3.63, 3.8) is 0 Å². The van der Waals surface area contributed by atoms with Crippen LogP contribution < -0.4 is 5.32 Å². The average Bonchev–Trinajstić information content (AvgIpc) is 2.35. The third kappa shape index (κ3) is 7.25. The molecule has 74 valence electrons. The highest BCUT2D eigenvalue weighted by Gasteiger charge is 2.06. The number of carbonyl (C=O) groups is 2. The molecule has 0 atom stereocenters. The first-order chi connectivity index (χ1) is 6.06. The Balaban J connectivity index is 0.000000226. The van der Waals surface area contributed by atoms with Crippen LogP contribution in [0.15, 0.2) is 12.2 Å². The van der Waals surface area contributed by atoms with E-state index in [1.807, 2.05) is 5.32 Å². The molecule has 0 aromatic heterocycles. The van der Waals surface area contributed by atoms with Crippen molar-refractivity contribution < 1.29 is 9.59 Å². The summed E-state index contributed by atoms with van der Waals surface area (Å²) in [6, 6.07) is 0. The molecule has 0 aliphatic carbocycles. The van der Waals surface area contributed by atoms with Crippen molar-refractivity contribution in [3.8, 4) is 0 Å². The number of amides is 2. The second-order valence-electron chi connectivity index (χ2n) is 3.37. The Labute approximate surface area is 79.2 Å². The SMILES string of the molecule is CCCC(C)C.O=C1C=CC(=O)N1. The Morgan fingerprint density at radius 1 is 1.23 bits per heavy atom. The van der Waals surface area contributed by atoms with Gasteiger partial charge in [0.2, 0.25) is 0 Å². The van der Waals surface area contributed by atoms with E-state index in [0.29, 0.717) is 0 Å². The molecule has 1 heterocycles. The topological polar surface area (TPSA) is 46.2 Å². The van der Waals surface area contributed by atoms with Crippen LogP contribution in [0.2, 0.25) is 0 Å². The highest BCUT2D eigenvalue weighted by molar-refractivity contribution is 6.12. The zero-order valence-corrected chi connectivity index (χ0v) is 8.46. The molecule has 3 nitrogen and oxygen atoms in total. The summed E-state index contributed by atoms with van der Waals surface area (Å²) in [6.45, 7) is 6.73. The molecule has 3 heteroatoms. The van der Waals surface area contributed by atoms with Gasteiger partial charge in [-0.2, -0.15) is 0 Å². The van der Waals surface area contributed by atoms with Gasteiger partial charge in [-0.15, -0.1) is 0 Å². The van der Waals surface area contributed by atoms with E-state index in [1.165, 1.54) is 25.0 Å². The molecule has 0 spiro atoms. The average molecular weight is 183 g/mol. The maximum absolute atomic E-state index is 10.0. The van der Waals surface area contributed by atoms with Crippen LogP contribution in [0.3, 0.4) is 0 Å². The van der Waals surface area contributed by atoms with Gasteiger partial charge in [-0.1, -0.05) is 33.6 Å². The molecule has 1 aliphatic heterocycles. The molecule has 0 aromatic rings. The van der Waals surface area contributed by atoms with Gasteiger partial charge in [0.15, 0.2) is 0 Å². The van der Waals surface area contributed by atoms with Gasteiger partial charge >= 0.3 is 0 Å². The van der Waals surface area contributed by atoms with Crippen molar-refractivity contribution >= 4 is 11.8 Å². The van der Waals surface area contributed by atoms with Crippen molar-refractivity contribution in [3.05, 3.63) is 12.2 Å². The summed E-state index contributed by atoms with van der Waals surface area (Å²) in [7, 11) is 0. The first kappa shape index (κ1) is 11.9. The molecule has 0 saturated carbocycles. The predicted molar refractivity (Wildman–Crippen MR) is 52.0 cm³/mol. The summed E-state index contributed by atoms with van der Waals surface area (Å²) >= 11 is 0. The second-order valence-corrected chi connectivity index (χ2v) is 3.37. The van der Waals surface area contributed by atoms with Crippen LogP contribution in [0.25, 0.3) is 0 Å². The number of rotatable bonds is 2. The fourth-order valence-electron chi connectivity index (χ4n) is 0.933. The summed E-state index contributed by atoms with van der Waals surface area (Å²) in [4.78, 5) is 20.1. The minimum Gasteiger partial charge on any atom is -0.289 e. The molecule has 0 saturated heterocycles. The zero-order chi connectivity index (χ0) is 10.3. The lowest BCUT2D eigenvalue weighted by atomic mass is 10.1. The first-order valence-corrected chi connectivity index (χ1v) is 4.59. The van der Waals surface area contributed by atoms with E-state index in [9.17, 15) is 9.59 Å². The van der Waals surface area contributed by atoms with E-state index >= 15 is 0 Å². The van der Waals surface area contributed by atoms with Crippen molar-refractivity contribution in [2.45, 2.75) is 33.6 Å². The molecule has 0 aromatic carbocycles. The Morgan fingerprint density at radius 3 is 1.77 bits per heavy atom. The highest BCUT2D eigenvalue weighted by atomic mass is 16.2. The quantitative estimate of drug-likeness (QED) is 0.661. The summed E-state index contributed by atoms with van der Waals surface area (Å²) in [5.74, 6) is 0.241. The van der Waals surface area contributed by atoms with Gasteiger partial charge in [-0.05, 0) is 5.92 Å². The summed E-state index contributed by atoms with van der Waals surface area (Å²) in [6.07, 6.45) is 5.10. The lowest BCUT2D eigenvalue weighted by molar-refractivity contribution is -0.123. The number of hydrogen-bond acceptors (Lipinski definition) is 2. The molecule has 0 bridgehead atoms. The highest BCUT2D eigenvalue weighted by Crippen LogP contribution is 2.00. The summed E-state index contributed by atoms with van der Waals surface area (Å²) in [5.41, 5.74) is 0. The van der Waals surface area contributed by atoms with Crippen LogP contribution in [0, 0.1) is 5.92 Å². The van der Waals surface area contributed by atoms with Crippen LogP contribution in [0.5, 0.6) is 0 Å². The van der Waals surface area contributed by atoms with Crippen LogP contribution in [0.4, 0.5) is 0 Å². The normalized spacial score (nSPS) is 14.2. The fourth-order valence-corrected chi connectivity index (χ4v) is 0.933. The minimum absolute atomic E-state index is 0.329. The minimum atomic E-state index is -0.329. The maximum Gasteiger partial charge on any atom is 0.250 e. The number of carbonyl (C=O) groups excluding carboxylic acids is 2. The Bertz CT molecular complexity index is 191. The summed E-state index contributed by atoms with van der Waals surface area (Å²) in [5, 5.41) is 2.03. The van der Waals surface area contributed by atoms with Crippen molar-refractivity contribution in [1.82, 2.24) is 5.32 Å². The van der Waals surface area contributed by atoms with E-state index in [0.717, 1.165) is 5.92 Å². The van der Waals surface area contributed by atoms with Crippen LogP contribution in [0.1, 0.15) is 33.6 Å². The number of imide groups is 1. The number of hydrogen-bond donors (Lipinski definition) is 1. The Kier molecular flexibility index (Phi) is 5.85. The fraction of sp³-hybridized carbons (Fsp3) is 0.600. The van der Waals surface area contributed by atoms with Crippen LogP contribution in [-0.2, 0) is 9.59 Å². The van der Waals surface area contributed by atoms with Crippen molar-refractivity contribution in [2.75, 3.05) is 0 Å². The van der Waals surface area contributed by atoms with Crippen LogP contribution in [-0.4, -0.2) is 11.8 Å². The van der Waals surface area contributed by atoms with E-state index in [-0.39, 0.29) is 11.8 Å². The molecule has 0 unspecified atom stereocenters. The Hall–Kier alpha value is -1.12. The smallest absolute Gasteiger partial charge is 0.250 e. The second kappa shape index (κ2) is 6.40. The zero-order valence-electron chi connectivity index (χ0n) is 8.46. The van der Waals surface area contributed by atoms with Gasteiger partial charge in [-0.25, -0.2) is 0 Å². The van der Waals surface area contributed by atoms with E-state index < -0.39 is 0 Å². The van der Waals surface area contributed by atoms with Crippen LogP contribution >= 0.6 is 0 Å². The Morgan fingerprint density at radius 2 is 1.69 bits per heavy atom. The van der Waals surface area contributed by atoms with Crippen molar-refractivity contribution in [2.24, 2.45) is 5.92 Å². The lowest BCUT2D eigenvalue weighted by Crippen LogP contribution is -2.19. The third-order valence-corrected chi connectivity index (χ3v) is 1.50. The molecule has 13 heavy (non-hydrogen) atoms. The maximum atomic E-state index is 10.0. The molecular weight excluding hydrogens is 166 g/mol. The largest absolute Gasteiger partial charge is 0.289 e. The molecular formula is C10H17NO2. The molecule has 2 amide bonds. The molecule has 0 fully saturated rings. The predicted octanol–water partition coefficient (Wildman–Crippen LogP) is 1.64.